The number of benzene rings is 3. The number of para-hydroxylation sites is 2. The minimum Gasteiger partial charge on any atom is -0.350 e. The number of anilines is 3. The standard InChI is InChI=1S/C22H16ClN3O2/c1-13-6-2-5-9-19(13)26-20(27)15-7-3-4-8-17(15)25-22(26)16-12-14(23)10-11-18(16)24-21(22)28/h2-12,25H,1H3,(H,24,28). The lowest BCUT2D eigenvalue weighted by molar-refractivity contribution is -0.119. The second-order valence-corrected chi connectivity index (χ2v) is 7.39. The topological polar surface area (TPSA) is 61.4 Å². The first-order valence-corrected chi connectivity index (χ1v) is 9.29. The number of aryl methyl sites for hydroxylation is 1. The van der Waals surface area contributed by atoms with Crippen LogP contribution in [-0.4, -0.2) is 11.8 Å². The fourth-order valence-electron chi connectivity index (χ4n) is 4.01. The Hall–Kier alpha value is -3.31. The first-order chi connectivity index (χ1) is 13.5. The van der Waals surface area contributed by atoms with Gasteiger partial charge in [0.05, 0.1) is 11.3 Å². The molecule has 5 rings (SSSR count). The van der Waals surface area contributed by atoms with Crippen molar-refractivity contribution in [1.82, 2.24) is 0 Å². The van der Waals surface area contributed by atoms with Gasteiger partial charge in [0.25, 0.3) is 11.8 Å². The SMILES string of the molecule is Cc1ccccc1N1C(=O)c2ccccc2NC12C(=O)Nc1ccc(Cl)cc12. The van der Waals surface area contributed by atoms with Crippen LogP contribution in [0, 0.1) is 6.92 Å². The van der Waals surface area contributed by atoms with Gasteiger partial charge >= 0.3 is 0 Å². The molecule has 0 fully saturated rings. The van der Waals surface area contributed by atoms with Crippen molar-refractivity contribution >= 4 is 40.5 Å². The van der Waals surface area contributed by atoms with Crippen LogP contribution in [0.2, 0.25) is 5.02 Å². The van der Waals surface area contributed by atoms with Crippen molar-refractivity contribution in [3.8, 4) is 0 Å². The molecule has 0 radical (unpaired) electrons. The highest BCUT2D eigenvalue weighted by molar-refractivity contribution is 6.31. The summed E-state index contributed by atoms with van der Waals surface area (Å²) in [7, 11) is 0. The Kier molecular flexibility index (Phi) is 3.51. The van der Waals surface area contributed by atoms with E-state index in [4.69, 9.17) is 11.6 Å². The largest absolute Gasteiger partial charge is 0.350 e. The first-order valence-electron chi connectivity index (χ1n) is 8.91. The lowest BCUT2D eigenvalue weighted by atomic mass is 9.91. The Morgan fingerprint density at radius 1 is 0.929 bits per heavy atom. The molecule has 3 aromatic rings. The van der Waals surface area contributed by atoms with Gasteiger partial charge in [-0.3, -0.25) is 14.5 Å². The quantitative estimate of drug-likeness (QED) is 0.643. The van der Waals surface area contributed by atoms with Crippen molar-refractivity contribution in [3.05, 3.63) is 88.4 Å². The smallest absolute Gasteiger partial charge is 0.276 e. The minimum atomic E-state index is -1.42. The Balaban J connectivity index is 1.85. The van der Waals surface area contributed by atoms with E-state index in [1.807, 2.05) is 43.3 Å². The monoisotopic (exact) mass is 389 g/mol. The highest BCUT2D eigenvalue weighted by atomic mass is 35.5. The van der Waals surface area contributed by atoms with E-state index in [0.717, 1.165) is 5.56 Å². The van der Waals surface area contributed by atoms with Gasteiger partial charge in [-0.1, -0.05) is 41.9 Å². The summed E-state index contributed by atoms with van der Waals surface area (Å²) >= 11 is 6.26. The van der Waals surface area contributed by atoms with Crippen molar-refractivity contribution in [2.75, 3.05) is 15.5 Å². The van der Waals surface area contributed by atoms with E-state index in [-0.39, 0.29) is 11.8 Å². The van der Waals surface area contributed by atoms with Crippen molar-refractivity contribution < 1.29 is 9.59 Å². The van der Waals surface area contributed by atoms with Crippen LogP contribution in [0.4, 0.5) is 17.1 Å². The fraction of sp³-hybridized carbons (Fsp3) is 0.0909. The molecule has 0 saturated carbocycles. The lowest BCUT2D eigenvalue weighted by Crippen LogP contribution is -2.62. The Morgan fingerprint density at radius 2 is 1.68 bits per heavy atom. The lowest BCUT2D eigenvalue weighted by Gasteiger charge is -2.45. The highest BCUT2D eigenvalue weighted by Crippen LogP contribution is 2.48. The molecule has 0 aliphatic carbocycles. The third-order valence-electron chi connectivity index (χ3n) is 5.32. The number of rotatable bonds is 1. The summed E-state index contributed by atoms with van der Waals surface area (Å²) < 4.78 is 0. The van der Waals surface area contributed by atoms with E-state index in [2.05, 4.69) is 10.6 Å². The maximum absolute atomic E-state index is 13.6. The van der Waals surface area contributed by atoms with Gasteiger partial charge in [0.2, 0.25) is 5.66 Å². The summed E-state index contributed by atoms with van der Waals surface area (Å²) in [4.78, 5) is 28.5. The molecule has 1 spiro atoms. The molecule has 1 atom stereocenters. The highest BCUT2D eigenvalue weighted by Gasteiger charge is 2.57. The predicted octanol–water partition coefficient (Wildman–Crippen LogP) is 4.53. The molecule has 2 aliphatic rings. The first kappa shape index (κ1) is 16.8. The maximum Gasteiger partial charge on any atom is 0.276 e. The number of halogens is 1. The third-order valence-corrected chi connectivity index (χ3v) is 5.55. The summed E-state index contributed by atoms with van der Waals surface area (Å²) in [6, 6.07) is 19.9. The zero-order valence-electron chi connectivity index (χ0n) is 15.0. The molecule has 2 amide bonds. The van der Waals surface area contributed by atoms with E-state index in [0.29, 0.717) is 33.2 Å². The second kappa shape index (κ2) is 5.84. The van der Waals surface area contributed by atoms with E-state index in [1.54, 1.807) is 35.2 Å². The van der Waals surface area contributed by atoms with Gasteiger partial charge < -0.3 is 10.6 Å². The van der Waals surface area contributed by atoms with Gasteiger partial charge in [-0.25, -0.2) is 0 Å². The Morgan fingerprint density at radius 3 is 2.50 bits per heavy atom. The van der Waals surface area contributed by atoms with Gasteiger partial charge in [0.1, 0.15) is 0 Å². The molecule has 2 heterocycles. The Bertz CT molecular complexity index is 1160. The molecule has 0 bridgehead atoms. The molecular formula is C22H16ClN3O2. The number of carbonyl (C=O) groups is 2. The zero-order valence-corrected chi connectivity index (χ0v) is 15.7. The second-order valence-electron chi connectivity index (χ2n) is 6.95. The molecule has 0 saturated heterocycles. The molecule has 5 nitrogen and oxygen atoms in total. The summed E-state index contributed by atoms with van der Waals surface area (Å²) in [6.07, 6.45) is 0. The van der Waals surface area contributed by atoms with Gasteiger partial charge in [0, 0.05) is 22.0 Å². The number of carbonyl (C=O) groups excluding carboxylic acids is 2. The van der Waals surface area contributed by atoms with Crippen molar-refractivity contribution in [2.24, 2.45) is 0 Å². The van der Waals surface area contributed by atoms with Crippen LogP contribution >= 0.6 is 11.6 Å². The van der Waals surface area contributed by atoms with Crippen molar-refractivity contribution in [2.45, 2.75) is 12.6 Å². The average Bonchev–Trinajstić information content (AvgIpc) is 2.95. The van der Waals surface area contributed by atoms with Gasteiger partial charge in [-0.2, -0.15) is 0 Å². The minimum absolute atomic E-state index is 0.244. The van der Waals surface area contributed by atoms with Gasteiger partial charge in [-0.05, 0) is 48.9 Å². The summed E-state index contributed by atoms with van der Waals surface area (Å²) in [5.41, 5.74) is 2.51. The van der Waals surface area contributed by atoms with Crippen LogP contribution in [0.3, 0.4) is 0 Å². The normalized spacial score (nSPS) is 19.9. The number of hydrogen-bond donors (Lipinski definition) is 2. The molecule has 2 aliphatic heterocycles. The third kappa shape index (κ3) is 2.14. The molecule has 28 heavy (non-hydrogen) atoms. The average molecular weight is 390 g/mol. The number of nitrogens with zero attached hydrogens (tertiary/aromatic N) is 1. The van der Waals surface area contributed by atoms with Crippen LogP contribution in [0.25, 0.3) is 0 Å². The Labute approximate surface area is 166 Å². The van der Waals surface area contributed by atoms with Crippen LogP contribution in [0.15, 0.2) is 66.7 Å². The van der Waals surface area contributed by atoms with Crippen LogP contribution in [0.5, 0.6) is 0 Å². The number of nitrogens with one attached hydrogen (secondary N) is 2. The molecule has 2 N–H and O–H groups in total. The molecule has 3 aromatic carbocycles. The van der Waals surface area contributed by atoms with Crippen LogP contribution in [0.1, 0.15) is 21.5 Å². The van der Waals surface area contributed by atoms with Crippen molar-refractivity contribution in [3.63, 3.8) is 0 Å². The molecule has 138 valence electrons. The number of hydrogen-bond acceptors (Lipinski definition) is 3. The van der Waals surface area contributed by atoms with Crippen LogP contribution < -0.4 is 15.5 Å². The van der Waals surface area contributed by atoms with E-state index in [1.165, 1.54) is 0 Å². The van der Waals surface area contributed by atoms with E-state index >= 15 is 0 Å². The summed E-state index contributed by atoms with van der Waals surface area (Å²) in [5.74, 6) is -0.567. The molecule has 0 aromatic heterocycles. The molecule has 1 unspecified atom stereocenters. The van der Waals surface area contributed by atoms with Gasteiger partial charge in [-0.15, -0.1) is 0 Å². The summed E-state index contributed by atoms with van der Waals surface area (Å²) in [5, 5.41) is 6.74. The number of amides is 2. The van der Waals surface area contributed by atoms with E-state index < -0.39 is 5.66 Å². The molecular weight excluding hydrogens is 374 g/mol. The van der Waals surface area contributed by atoms with Crippen molar-refractivity contribution in [1.29, 1.82) is 0 Å². The summed E-state index contributed by atoms with van der Waals surface area (Å²) in [6.45, 7) is 1.92. The molecule has 6 heteroatoms. The van der Waals surface area contributed by atoms with Gasteiger partial charge in [0.15, 0.2) is 0 Å². The zero-order chi connectivity index (χ0) is 19.5. The van der Waals surface area contributed by atoms with Crippen LogP contribution in [-0.2, 0) is 10.5 Å². The fourth-order valence-corrected chi connectivity index (χ4v) is 4.18. The maximum atomic E-state index is 13.6. The van der Waals surface area contributed by atoms with E-state index in [9.17, 15) is 9.59 Å². The predicted molar refractivity (Wildman–Crippen MR) is 110 cm³/mol. The number of fused-ring (bicyclic) bond motifs is 3.